The molecule has 0 atom stereocenters. The van der Waals surface area contributed by atoms with E-state index in [2.05, 4.69) is 31.7 Å². The molecule has 0 rings (SSSR count). The lowest BCUT2D eigenvalue weighted by Gasteiger charge is -1.84. The van der Waals surface area contributed by atoms with Crippen LogP contribution in [0, 0.1) is 0 Å². The molecule has 0 unspecified atom stereocenters. The minimum Gasteiger partial charge on any atom is -0.0991 e. The first-order chi connectivity index (χ1) is 12.9. The second-order valence-corrected chi connectivity index (χ2v) is 5.27. The van der Waals surface area contributed by atoms with E-state index in [4.69, 9.17) is 0 Å². The van der Waals surface area contributed by atoms with Gasteiger partial charge in [-0.2, -0.15) is 0 Å². The van der Waals surface area contributed by atoms with Crippen molar-refractivity contribution in [2.45, 2.75) is 26.2 Å². The number of allylic oxidation sites excluding steroid dienone is 21. The molecule has 0 fully saturated rings. The van der Waals surface area contributed by atoms with Crippen LogP contribution < -0.4 is 0 Å². The molecule has 0 radical (unpaired) electrons. The van der Waals surface area contributed by atoms with Gasteiger partial charge in [-0.15, -0.1) is 0 Å². The van der Waals surface area contributed by atoms with Gasteiger partial charge in [0, 0.05) is 0 Å². The molecule has 0 saturated carbocycles. The molecule has 0 aromatic rings. The highest BCUT2D eigenvalue weighted by atomic mass is 13.8. The molecule has 0 aromatic carbocycles. The Bertz CT molecular complexity index is 608. The first-order valence-electron chi connectivity index (χ1n) is 9.19. The van der Waals surface area contributed by atoms with E-state index in [9.17, 15) is 0 Å². The van der Waals surface area contributed by atoms with Gasteiger partial charge in [-0.25, -0.2) is 0 Å². The minimum atomic E-state index is 1.17. The van der Waals surface area contributed by atoms with Gasteiger partial charge in [-0.1, -0.05) is 154 Å². The van der Waals surface area contributed by atoms with Crippen molar-refractivity contribution in [3.05, 3.63) is 134 Å². The largest absolute Gasteiger partial charge is 0.0991 e. The molecule has 0 amide bonds. The molecule has 0 aliphatic heterocycles. The van der Waals surface area contributed by atoms with Crippen LogP contribution in [0.2, 0.25) is 0 Å². The van der Waals surface area contributed by atoms with Crippen molar-refractivity contribution in [3.8, 4) is 0 Å². The Kier molecular flexibility index (Phi) is 19.7. The van der Waals surface area contributed by atoms with E-state index < -0.39 is 0 Å². The number of unbranched alkanes of at least 4 members (excludes halogenated alkanes) is 2. The van der Waals surface area contributed by atoms with Crippen LogP contribution in [0.1, 0.15) is 26.2 Å². The predicted molar refractivity (Wildman–Crippen MR) is 121 cm³/mol. The summed E-state index contributed by atoms with van der Waals surface area (Å²) >= 11 is 0. The summed E-state index contributed by atoms with van der Waals surface area (Å²) in [4.78, 5) is 0. The first kappa shape index (κ1) is 23.1. The molecule has 0 heterocycles. The third-order valence-electron chi connectivity index (χ3n) is 3.00. The molecule has 0 aliphatic rings. The smallest absolute Gasteiger partial charge is 0.0348 e. The molecule has 0 aromatic heterocycles. The molecule has 26 heavy (non-hydrogen) atoms. The summed E-state index contributed by atoms with van der Waals surface area (Å²) in [5.74, 6) is 0. The van der Waals surface area contributed by atoms with Crippen molar-refractivity contribution in [2.75, 3.05) is 0 Å². The molecule has 0 spiro atoms. The minimum absolute atomic E-state index is 1.17. The molecule has 0 N–H and O–H groups in total. The number of hydrogen-bond donors (Lipinski definition) is 0. The Balaban J connectivity index is 3.87. The monoisotopic (exact) mass is 344 g/mol. The normalized spacial score (nSPS) is 14.2. The quantitative estimate of drug-likeness (QED) is 0.235. The van der Waals surface area contributed by atoms with Crippen LogP contribution in [0.25, 0.3) is 0 Å². The SMILES string of the molecule is C=CC=CC=CC=CC=CC=CC=CC=CC=CC=CC=CCCCC. The number of hydrogen-bond acceptors (Lipinski definition) is 0. The lowest BCUT2D eigenvalue weighted by Crippen LogP contribution is -1.64. The van der Waals surface area contributed by atoms with Crippen molar-refractivity contribution in [1.29, 1.82) is 0 Å². The highest BCUT2D eigenvalue weighted by Crippen LogP contribution is 1.95. The standard InChI is InChI=1S/C26H32/c1-3-5-7-9-11-13-15-17-19-21-23-25-26-24-22-20-18-16-14-12-10-8-6-4-2/h3,5,7,9-26H,1,4,6,8H2,2H3. The van der Waals surface area contributed by atoms with Crippen LogP contribution in [-0.4, -0.2) is 0 Å². The van der Waals surface area contributed by atoms with Gasteiger partial charge in [0.2, 0.25) is 0 Å². The van der Waals surface area contributed by atoms with Gasteiger partial charge in [0.1, 0.15) is 0 Å². The van der Waals surface area contributed by atoms with Crippen molar-refractivity contribution in [2.24, 2.45) is 0 Å². The van der Waals surface area contributed by atoms with E-state index >= 15 is 0 Å². The Morgan fingerprint density at radius 3 is 1.08 bits per heavy atom. The summed E-state index contributed by atoms with van der Waals surface area (Å²) in [5, 5.41) is 0. The maximum Gasteiger partial charge on any atom is -0.0348 e. The van der Waals surface area contributed by atoms with E-state index in [0.717, 1.165) is 0 Å². The van der Waals surface area contributed by atoms with Crippen molar-refractivity contribution < 1.29 is 0 Å². The van der Waals surface area contributed by atoms with Crippen LogP contribution in [0.5, 0.6) is 0 Å². The average Bonchev–Trinajstić information content (AvgIpc) is 2.66. The van der Waals surface area contributed by atoms with Crippen LogP contribution in [0.15, 0.2) is 134 Å². The molecule has 0 nitrogen and oxygen atoms in total. The van der Waals surface area contributed by atoms with E-state index in [1.165, 1.54) is 19.3 Å². The maximum atomic E-state index is 3.61. The van der Waals surface area contributed by atoms with Crippen LogP contribution >= 0.6 is 0 Å². The maximum absolute atomic E-state index is 3.61. The molecule has 0 bridgehead atoms. The lowest BCUT2D eigenvalue weighted by molar-refractivity contribution is 0.815. The van der Waals surface area contributed by atoms with E-state index in [-0.39, 0.29) is 0 Å². The van der Waals surface area contributed by atoms with Crippen LogP contribution in [-0.2, 0) is 0 Å². The third kappa shape index (κ3) is 21.1. The average molecular weight is 345 g/mol. The second kappa shape index (κ2) is 22.1. The molecule has 0 saturated heterocycles. The third-order valence-corrected chi connectivity index (χ3v) is 3.00. The highest BCUT2D eigenvalue weighted by Gasteiger charge is 1.74. The van der Waals surface area contributed by atoms with Gasteiger partial charge < -0.3 is 0 Å². The fourth-order valence-corrected chi connectivity index (χ4v) is 1.67. The Hall–Kier alpha value is -2.86. The van der Waals surface area contributed by atoms with Crippen LogP contribution in [0.3, 0.4) is 0 Å². The number of rotatable bonds is 13. The van der Waals surface area contributed by atoms with Crippen LogP contribution in [0.4, 0.5) is 0 Å². The van der Waals surface area contributed by atoms with E-state index in [1.54, 1.807) is 6.08 Å². The second-order valence-electron chi connectivity index (χ2n) is 5.27. The molecular weight excluding hydrogens is 312 g/mol. The Morgan fingerprint density at radius 1 is 0.462 bits per heavy atom. The summed E-state index contributed by atoms with van der Waals surface area (Å²) in [6.07, 6.45) is 45.7. The van der Waals surface area contributed by atoms with Gasteiger partial charge in [-0.3, -0.25) is 0 Å². The zero-order valence-corrected chi connectivity index (χ0v) is 16.0. The summed E-state index contributed by atoms with van der Waals surface area (Å²) in [7, 11) is 0. The fourth-order valence-electron chi connectivity index (χ4n) is 1.67. The summed E-state index contributed by atoms with van der Waals surface area (Å²) < 4.78 is 0. The molecule has 136 valence electrons. The molecular formula is C26H32. The van der Waals surface area contributed by atoms with Crippen molar-refractivity contribution in [1.82, 2.24) is 0 Å². The van der Waals surface area contributed by atoms with Gasteiger partial charge in [-0.05, 0) is 6.42 Å². The first-order valence-corrected chi connectivity index (χ1v) is 9.19. The van der Waals surface area contributed by atoms with E-state index in [0.29, 0.717) is 0 Å². The summed E-state index contributed by atoms with van der Waals surface area (Å²) in [6.45, 7) is 5.82. The van der Waals surface area contributed by atoms with E-state index in [1.807, 2.05) is 103 Å². The van der Waals surface area contributed by atoms with Gasteiger partial charge in [0.25, 0.3) is 0 Å². The molecule has 0 aliphatic carbocycles. The van der Waals surface area contributed by atoms with Gasteiger partial charge in [0.05, 0.1) is 0 Å². The zero-order chi connectivity index (χ0) is 19.0. The summed E-state index contributed by atoms with van der Waals surface area (Å²) in [5.41, 5.74) is 0. The Labute approximate surface area is 160 Å². The zero-order valence-electron chi connectivity index (χ0n) is 16.0. The van der Waals surface area contributed by atoms with Gasteiger partial charge in [0.15, 0.2) is 0 Å². The van der Waals surface area contributed by atoms with Crippen molar-refractivity contribution in [3.63, 3.8) is 0 Å². The highest BCUT2D eigenvalue weighted by molar-refractivity contribution is 5.22. The fraction of sp³-hybridized carbons (Fsp3) is 0.154. The summed E-state index contributed by atoms with van der Waals surface area (Å²) in [6, 6.07) is 0. The predicted octanol–water partition coefficient (Wildman–Crippen LogP) is 7.92. The lowest BCUT2D eigenvalue weighted by atomic mass is 10.2. The Morgan fingerprint density at radius 2 is 0.769 bits per heavy atom. The van der Waals surface area contributed by atoms with Crippen molar-refractivity contribution >= 4 is 0 Å². The molecule has 0 heteroatoms. The topological polar surface area (TPSA) is 0 Å². The van der Waals surface area contributed by atoms with Gasteiger partial charge >= 0.3 is 0 Å².